The van der Waals surface area contributed by atoms with Crippen LogP contribution < -0.4 is 19.3 Å². The summed E-state index contributed by atoms with van der Waals surface area (Å²) in [5.41, 5.74) is 1.60. The fourth-order valence-corrected chi connectivity index (χ4v) is 5.83. The van der Waals surface area contributed by atoms with Crippen molar-refractivity contribution in [1.82, 2.24) is 15.0 Å². The summed E-state index contributed by atoms with van der Waals surface area (Å²) in [5, 5.41) is 2.78. The molecule has 0 aliphatic heterocycles. The zero-order valence-corrected chi connectivity index (χ0v) is 25.7. The second-order valence-electron chi connectivity index (χ2n) is 9.94. The fourth-order valence-electron chi connectivity index (χ4n) is 4.19. The number of benzene rings is 3. The van der Waals surface area contributed by atoms with E-state index in [-0.39, 0.29) is 22.9 Å². The number of para-hydroxylation sites is 1. The van der Waals surface area contributed by atoms with Crippen molar-refractivity contribution in [1.29, 1.82) is 0 Å². The highest BCUT2D eigenvalue weighted by Gasteiger charge is 2.34. The Bertz CT molecular complexity index is 1680. The Labute approximate surface area is 260 Å². The summed E-state index contributed by atoms with van der Waals surface area (Å²) < 4.78 is 76.1. The summed E-state index contributed by atoms with van der Waals surface area (Å²) in [6.45, 7) is 0.309. The summed E-state index contributed by atoms with van der Waals surface area (Å²) in [7, 11) is -9.41. The third-order valence-corrected chi connectivity index (χ3v) is 8.90. The van der Waals surface area contributed by atoms with Crippen LogP contribution in [0, 0.1) is 0 Å². The van der Waals surface area contributed by atoms with Gasteiger partial charge in [-0.25, -0.2) is 18.0 Å². The van der Waals surface area contributed by atoms with E-state index < -0.39 is 35.7 Å². The normalized spacial score (nSPS) is 13.5. The van der Waals surface area contributed by atoms with Gasteiger partial charge in [0.2, 0.25) is 21.8 Å². The number of alkyl halides is 2. The first-order valence-corrected chi connectivity index (χ1v) is 17.1. The topological polar surface area (TPSA) is 144 Å². The number of hydrogen-bond donors (Lipinski definition) is 3. The molecular formula is C31H32F2N3O7PS. The highest BCUT2D eigenvalue weighted by Crippen LogP contribution is 2.48. The van der Waals surface area contributed by atoms with Gasteiger partial charge >= 0.3 is 13.8 Å². The predicted octanol–water partition coefficient (Wildman–Crippen LogP) is 5.69. The van der Waals surface area contributed by atoms with Crippen LogP contribution in [0.2, 0.25) is 0 Å². The van der Waals surface area contributed by atoms with Crippen molar-refractivity contribution in [2.75, 3.05) is 6.54 Å². The Balaban J connectivity index is 1.44. The summed E-state index contributed by atoms with van der Waals surface area (Å²) in [5.74, 6) is -0.167. The molecule has 0 saturated heterocycles. The number of carbonyl (C=O) groups excluding carboxylic acids is 1. The molecule has 1 amide bonds. The van der Waals surface area contributed by atoms with Crippen LogP contribution in [0.5, 0.6) is 17.4 Å². The minimum Gasteiger partial charge on any atom is -0.439 e. The molecule has 0 fully saturated rings. The molecule has 238 valence electrons. The second-order valence-corrected chi connectivity index (χ2v) is 13.4. The van der Waals surface area contributed by atoms with Crippen LogP contribution in [0.3, 0.4) is 0 Å². The van der Waals surface area contributed by atoms with Gasteiger partial charge in [0.05, 0.1) is 6.20 Å². The van der Waals surface area contributed by atoms with Gasteiger partial charge in [-0.1, -0.05) is 60.7 Å². The van der Waals surface area contributed by atoms with Gasteiger partial charge in [0, 0.05) is 12.6 Å². The Morgan fingerprint density at radius 1 is 0.867 bits per heavy atom. The van der Waals surface area contributed by atoms with Crippen molar-refractivity contribution in [3.63, 3.8) is 0 Å². The summed E-state index contributed by atoms with van der Waals surface area (Å²) in [6.07, 6.45) is -0.306. The number of aromatic nitrogens is 1. The van der Waals surface area contributed by atoms with Crippen LogP contribution in [-0.2, 0) is 32.2 Å². The minimum atomic E-state index is -5.17. The highest BCUT2D eigenvalue weighted by molar-refractivity contribution is 7.89. The standard InChI is InChI=1S/C31H32F2N3O7PS/c32-31(33)44(38,39)43-26-16-14-24(15-17-26)21-28(30(37)34-20-8-7-11-23-9-3-1-4-10-23)36-45(40,41)27-18-19-29(35-22-27)42-25-12-5-2-6-13-25/h1-6,9-10,12-19,22,28,31,36H,7-8,11,20-21H2,(H,34,37)(H,38,39)/t28-/m0/s1. The van der Waals surface area contributed by atoms with E-state index in [9.17, 15) is 31.5 Å². The van der Waals surface area contributed by atoms with Gasteiger partial charge in [0.15, 0.2) is 0 Å². The zero-order valence-electron chi connectivity index (χ0n) is 24.0. The van der Waals surface area contributed by atoms with E-state index in [0.717, 1.165) is 19.0 Å². The first kappa shape index (κ1) is 33.7. The Morgan fingerprint density at radius 3 is 2.16 bits per heavy atom. The molecule has 4 rings (SSSR count). The van der Waals surface area contributed by atoms with Crippen molar-refractivity contribution in [3.8, 4) is 17.4 Å². The van der Waals surface area contributed by atoms with Gasteiger partial charge < -0.3 is 19.5 Å². The third-order valence-electron chi connectivity index (χ3n) is 6.48. The number of amides is 1. The van der Waals surface area contributed by atoms with Gasteiger partial charge in [-0.3, -0.25) is 4.79 Å². The van der Waals surface area contributed by atoms with E-state index in [0.29, 0.717) is 24.3 Å². The Hall–Kier alpha value is -4.16. The molecule has 3 aromatic carbocycles. The van der Waals surface area contributed by atoms with Crippen molar-refractivity contribution >= 4 is 23.5 Å². The molecule has 0 aliphatic rings. The number of nitrogens with zero attached hydrogens (tertiary/aromatic N) is 1. The summed E-state index contributed by atoms with van der Waals surface area (Å²) in [4.78, 5) is 26.4. The van der Waals surface area contributed by atoms with Crippen molar-refractivity contribution in [2.24, 2.45) is 0 Å². The maximum atomic E-state index is 13.3. The van der Waals surface area contributed by atoms with Crippen LogP contribution >= 0.6 is 7.60 Å². The van der Waals surface area contributed by atoms with Crippen LogP contribution in [-0.4, -0.2) is 43.0 Å². The number of aryl methyl sites for hydroxylation is 1. The molecule has 10 nitrogen and oxygen atoms in total. The van der Waals surface area contributed by atoms with Crippen LogP contribution in [0.15, 0.2) is 108 Å². The number of unbranched alkanes of at least 4 members (excludes halogenated alkanes) is 1. The Morgan fingerprint density at radius 2 is 1.53 bits per heavy atom. The van der Waals surface area contributed by atoms with E-state index in [1.807, 2.05) is 36.4 Å². The summed E-state index contributed by atoms with van der Waals surface area (Å²) >= 11 is 0. The first-order valence-electron chi connectivity index (χ1n) is 13.9. The lowest BCUT2D eigenvalue weighted by molar-refractivity contribution is -0.122. The lowest BCUT2D eigenvalue weighted by Gasteiger charge is -2.19. The third kappa shape index (κ3) is 10.5. The number of nitrogens with one attached hydrogen (secondary N) is 2. The molecule has 45 heavy (non-hydrogen) atoms. The van der Waals surface area contributed by atoms with E-state index in [2.05, 4.69) is 19.5 Å². The van der Waals surface area contributed by atoms with Crippen molar-refractivity contribution < 1.29 is 40.7 Å². The zero-order chi connectivity index (χ0) is 32.3. The number of sulfonamides is 1. The molecule has 4 aromatic rings. The number of rotatable bonds is 16. The number of carbonyl (C=O) groups is 1. The lowest BCUT2D eigenvalue weighted by atomic mass is 10.1. The lowest BCUT2D eigenvalue weighted by Crippen LogP contribution is -2.48. The fraction of sp³-hybridized carbons (Fsp3) is 0.226. The second kappa shape index (κ2) is 15.7. The van der Waals surface area contributed by atoms with Gasteiger partial charge in [0.1, 0.15) is 22.4 Å². The number of pyridine rings is 1. The van der Waals surface area contributed by atoms with Crippen molar-refractivity contribution in [3.05, 3.63) is 114 Å². The molecule has 1 aromatic heterocycles. The molecule has 1 unspecified atom stereocenters. The van der Waals surface area contributed by atoms with Gasteiger partial charge in [0.25, 0.3) is 0 Å². The maximum absolute atomic E-state index is 13.3. The van der Waals surface area contributed by atoms with Crippen molar-refractivity contribution in [2.45, 2.75) is 42.8 Å². The maximum Gasteiger partial charge on any atom is 0.442 e. The van der Waals surface area contributed by atoms with E-state index in [4.69, 9.17) is 4.74 Å². The van der Waals surface area contributed by atoms with Crippen LogP contribution in [0.1, 0.15) is 24.0 Å². The Kier molecular flexibility index (Phi) is 11.8. The van der Waals surface area contributed by atoms with E-state index in [1.165, 1.54) is 42.0 Å². The van der Waals surface area contributed by atoms with Gasteiger partial charge in [-0.05, 0) is 67.1 Å². The average Bonchev–Trinajstić information content (AvgIpc) is 3.02. The van der Waals surface area contributed by atoms with E-state index in [1.54, 1.807) is 24.3 Å². The number of halogens is 2. The summed E-state index contributed by atoms with van der Waals surface area (Å²) in [6, 6.07) is 25.2. The molecule has 0 radical (unpaired) electrons. The molecule has 0 aliphatic carbocycles. The monoisotopic (exact) mass is 659 g/mol. The molecule has 0 bridgehead atoms. The molecular weight excluding hydrogens is 627 g/mol. The smallest absolute Gasteiger partial charge is 0.439 e. The van der Waals surface area contributed by atoms with E-state index >= 15 is 0 Å². The molecule has 2 atom stereocenters. The molecule has 3 N–H and O–H groups in total. The highest BCUT2D eigenvalue weighted by atomic mass is 32.2. The first-order chi connectivity index (χ1) is 21.5. The molecule has 14 heteroatoms. The van der Waals surface area contributed by atoms with Gasteiger partial charge in [-0.2, -0.15) is 13.5 Å². The average molecular weight is 660 g/mol. The number of hydrogen-bond acceptors (Lipinski definition) is 7. The molecule has 1 heterocycles. The van der Waals surface area contributed by atoms with Crippen LogP contribution in [0.25, 0.3) is 0 Å². The SMILES string of the molecule is O=C(NCCCCc1ccccc1)[C@H](Cc1ccc(OP(=O)(O)C(F)F)cc1)NS(=O)(=O)c1ccc(Oc2ccccc2)nc1. The van der Waals surface area contributed by atoms with Crippen LogP contribution in [0.4, 0.5) is 8.78 Å². The number of ether oxygens (including phenoxy) is 1. The molecule has 0 saturated carbocycles. The molecule has 0 spiro atoms. The quantitative estimate of drug-likeness (QED) is 0.103. The largest absolute Gasteiger partial charge is 0.442 e. The van der Waals surface area contributed by atoms with Gasteiger partial charge in [-0.15, -0.1) is 0 Å². The minimum absolute atomic E-state index is 0.121. The predicted molar refractivity (Wildman–Crippen MR) is 164 cm³/mol.